The fraction of sp³-hybridized carbons (Fsp3) is 0.160. The monoisotopic (exact) mass is 444 g/mol. The van der Waals surface area contributed by atoms with Crippen molar-refractivity contribution in [3.05, 3.63) is 71.8 Å². The molecule has 0 bridgehead atoms. The predicted molar refractivity (Wildman–Crippen MR) is 129 cm³/mol. The second-order valence-corrected chi connectivity index (χ2v) is 7.97. The number of rotatable bonds is 5. The lowest BCUT2D eigenvalue weighted by Gasteiger charge is -2.20. The first-order chi connectivity index (χ1) is 15.6. The van der Waals surface area contributed by atoms with E-state index in [1.807, 2.05) is 60.0 Å². The van der Waals surface area contributed by atoms with Crippen molar-refractivity contribution in [1.82, 2.24) is 14.5 Å². The molecule has 0 saturated carbocycles. The highest BCUT2D eigenvalue weighted by Gasteiger charge is 2.26. The van der Waals surface area contributed by atoms with E-state index >= 15 is 0 Å². The molecule has 3 aromatic carbocycles. The lowest BCUT2D eigenvalue weighted by Crippen LogP contribution is -2.26. The Kier molecular flexibility index (Phi) is 5.15. The van der Waals surface area contributed by atoms with Gasteiger partial charge in [0.05, 0.1) is 29.3 Å². The van der Waals surface area contributed by atoms with Gasteiger partial charge < -0.3 is 14.6 Å². The van der Waals surface area contributed by atoms with Gasteiger partial charge in [0, 0.05) is 10.4 Å². The number of benzene rings is 3. The molecule has 0 aliphatic heterocycles. The van der Waals surface area contributed by atoms with E-state index in [4.69, 9.17) is 26.3 Å². The summed E-state index contributed by atoms with van der Waals surface area (Å²) in [5.41, 5.74) is 4.52. The molecule has 6 nitrogen and oxygen atoms in total. The number of anilines is 1. The highest BCUT2D eigenvalue weighted by molar-refractivity contribution is 6.31. The molecule has 2 heterocycles. The molecule has 0 aliphatic carbocycles. The number of ether oxygens (including phenoxy) is 1. The molecular formula is C25H21ClN4O2. The predicted octanol–water partition coefficient (Wildman–Crippen LogP) is 5.99. The molecule has 1 atom stereocenters. The quantitative estimate of drug-likeness (QED) is 0.361. The number of nitrogens with zero attached hydrogens (tertiary/aromatic N) is 3. The zero-order valence-corrected chi connectivity index (χ0v) is 18.4. The molecule has 0 fully saturated rings. The van der Waals surface area contributed by atoms with Crippen LogP contribution >= 0.6 is 11.6 Å². The zero-order valence-electron chi connectivity index (χ0n) is 17.7. The van der Waals surface area contributed by atoms with Crippen LogP contribution in [0.25, 0.3) is 33.1 Å². The fourth-order valence-corrected chi connectivity index (χ4v) is 4.30. The Bertz CT molecular complexity index is 1480. The third kappa shape index (κ3) is 3.33. The number of methoxy groups -OCH3 is 1. The number of halogens is 1. The van der Waals surface area contributed by atoms with Gasteiger partial charge in [-0.1, -0.05) is 48.9 Å². The zero-order chi connectivity index (χ0) is 22.2. The summed E-state index contributed by atoms with van der Waals surface area (Å²) in [5, 5.41) is 4.47. The smallest absolute Gasteiger partial charge is 0.247 e. The van der Waals surface area contributed by atoms with Gasteiger partial charge >= 0.3 is 0 Å². The summed E-state index contributed by atoms with van der Waals surface area (Å²) in [7, 11) is 1.56. The summed E-state index contributed by atoms with van der Waals surface area (Å²) in [6, 6.07) is 20.3. The third-order valence-corrected chi connectivity index (χ3v) is 5.85. The van der Waals surface area contributed by atoms with Crippen molar-refractivity contribution in [3.63, 3.8) is 0 Å². The van der Waals surface area contributed by atoms with E-state index in [0.29, 0.717) is 28.5 Å². The normalized spacial score (nSPS) is 12.3. The van der Waals surface area contributed by atoms with Crippen LogP contribution in [0.15, 0.2) is 66.7 Å². The van der Waals surface area contributed by atoms with E-state index in [9.17, 15) is 4.79 Å². The van der Waals surface area contributed by atoms with Gasteiger partial charge in [0.15, 0.2) is 5.65 Å². The molecule has 1 N–H and O–H groups in total. The molecule has 160 valence electrons. The molecule has 1 amide bonds. The van der Waals surface area contributed by atoms with Crippen LogP contribution in [0.3, 0.4) is 0 Å². The summed E-state index contributed by atoms with van der Waals surface area (Å²) in [4.78, 5) is 23.3. The number of fused-ring (bicyclic) bond motifs is 4. The van der Waals surface area contributed by atoms with Crippen LogP contribution in [-0.2, 0) is 4.79 Å². The molecule has 32 heavy (non-hydrogen) atoms. The summed E-state index contributed by atoms with van der Waals surface area (Å²) >= 11 is 6.15. The first kappa shape index (κ1) is 20.3. The van der Waals surface area contributed by atoms with E-state index in [0.717, 1.165) is 27.5 Å². The number of carbonyl (C=O) groups is 1. The van der Waals surface area contributed by atoms with Gasteiger partial charge in [-0.15, -0.1) is 0 Å². The number of hydrogen-bond acceptors (Lipinski definition) is 4. The van der Waals surface area contributed by atoms with Gasteiger partial charge in [-0.3, -0.25) is 4.79 Å². The van der Waals surface area contributed by atoms with Crippen molar-refractivity contribution < 1.29 is 9.53 Å². The minimum absolute atomic E-state index is 0.175. The minimum atomic E-state index is -0.503. The largest absolute Gasteiger partial charge is 0.495 e. The van der Waals surface area contributed by atoms with Crippen LogP contribution in [-0.4, -0.2) is 27.6 Å². The third-order valence-electron chi connectivity index (χ3n) is 5.62. The van der Waals surface area contributed by atoms with Crippen molar-refractivity contribution in [3.8, 4) is 5.75 Å². The number of amides is 1. The maximum absolute atomic E-state index is 13.5. The maximum atomic E-state index is 13.5. The van der Waals surface area contributed by atoms with Crippen LogP contribution in [0.4, 0.5) is 5.69 Å². The number of hydrogen-bond donors (Lipinski definition) is 1. The summed E-state index contributed by atoms with van der Waals surface area (Å²) in [6.07, 6.45) is 0.566. The first-order valence-electron chi connectivity index (χ1n) is 10.4. The van der Waals surface area contributed by atoms with Gasteiger partial charge in [0.2, 0.25) is 5.91 Å². The van der Waals surface area contributed by atoms with Crippen LogP contribution in [0.2, 0.25) is 5.02 Å². The summed E-state index contributed by atoms with van der Waals surface area (Å²) in [5.74, 6) is 0.372. The topological polar surface area (TPSA) is 69.0 Å². The molecule has 1 unspecified atom stereocenters. The SMILES string of the molecule is CCC(C(=O)Nc1cc(Cl)ccc1OC)n1c2ccccc2c2nc3ccccc3nc21. The average Bonchev–Trinajstić information content (AvgIpc) is 3.12. The molecule has 7 heteroatoms. The fourth-order valence-electron chi connectivity index (χ4n) is 4.13. The van der Waals surface area contributed by atoms with Crippen LogP contribution in [0.5, 0.6) is 5.75 Å². The van der Waals surface area contributed by atoms with Crippen molar-refractivity contribution in [1.29, 1.82) is 0 Å². The highest BCUT2D eigenvalue weighted by atomic mass is 35.5. The van der Waals surface area contributed by atoms with Crippen molar-refractivity contribution in [2.45, 2.75) is 19.4 Å². The van der Waals surface area contributed by atoms with Gasteiger partial charge in [-0.05, 0) is 42.8 Å². The minimum Gasteiger partial charge on any atom is -0.495 e. The lowest BCUT2D eigenvalue weighted by molar-refractivity contribution is -0.119. The molecule has 0 spiro atoms. The first-order valence-corrected chi connectivity index (χ1v) is 10.8. The highest BCUT2D eigenvalue weighted by Crippen LogP contribution is 2.34. The average molecular weight is 445 g/mol. The lowest BCUT2D eigenvalue weighted by atomic mass is 10.1. The van der Waals surface area contributed by atoms with Crippen molar-refractivity contribution >= 4 is 56.3 Å². The molecule has 5 rings (SSSR count). The number of nitrogens with one attached hydrogen (secondary N) is 1. The second kappa shape index (κ2) is 8.13. The van der Waals surface area contributed by atoms with E-state index in [-0.39, 0.29) is 5.91 Å². The number of para-hydroxylation sites is 3. The maximum Gasteiger partial charge on any atom is 0.247 e. The molecule has 0 aliphatic rings. The second-order valence-electron chi connectivity index (χ2n) is 7.53. The Hall–Kier alpha value is -3.64. The van der Waals surface area contributed by atoms with E-state index in [1.54, 1.807) is 25.3 Å². The van der Waals surface area contributed by atoms with Crippen molar-refractivity contribution in [2.75, 3.05) is 12.4 Å². The molecule has 2 aromatic heterocycles. The van der Waals surface area contributed by atoms with Crippen LogP contribution in [0, 0.1) is 0 Å². The molecule has 0 saturated heterocycles. The molecule has 5 aromatic rings. The van der Waals surface area contributed by atoms with Crippen LogP contribution in [0.1, 0.15) is 19.4 Å². The Morgan fingerprint density at radius 2 is 1.78 bits per heavy atom. The van der Waals surface area contributed by atoms with Gasteiger partial charge in [0.1, 0.15) is 17.3 Å². The van der Waals surface area contributed by atoms with Crippen molar-refractivity contribution in [2.24, 2.45) is 0 Å². The Morgan fingerprint density at radius 3 is 2.53 bits per heavy atom. The molecule has 0 radical (unpaired) electrons. The molecular weight excluding hydrogens is 424 g/mol. The van der Waals surface area contributed by atoms with E-state index in [2.05, 4.69) is 5.32 Å². The Labute approximate surface area is 189 Å². The standard InChI is InChI=1S/C25H21ClN4O2/c1-3-20(25(31)29-19-14-15(26)12-13-22(19)32-2)30-21-11-7-4-8-16(21)23-24(30)28-18-10-6-5-9-17(18)27-23/h4-14,20H,3H2,1-2H3,(H,29,31). The van der Waals surface area contributed by atoms with E-state index in [1.165, 1.54) is 0 Å². The van der Waals surface area contributed by atoms with Crippen LogP contribution < -0.4 is 10.1 Å². The van der Waals surface area contributed by atoms with E-state index < -0.39 is 6.04 Å². The van der Waals surface area contributed by atoms with Gasteiger partial charge in [0.25, 0.3) is 0 Å². The summed E-state index contributed by atoms with van der Waals surface area (Å²) < 4.78 is 7.37. The Morgan fingerprint density at radius 1 is 1.06 bits per heavy atom. The number of carbonyl (C=O) groups excluding carboxylic acids is 1. The Balaban J connectivity index is 1.68. The number of aromatic nitrogens is 3. The summed E-state index contributed by atoms with van der Waals surface area (Å²) in [6.45, 7) is 1.98. The van der Waals surface area contributed by atoms with Gasteiger partial charge in [-0.2, -0.15) is 0 Å². The van der Waals surface area contributed by atoms with Gasteiger partial charge in [-0.25, -0.2) is 9.97 Å².